The first-order chi connectivity index (χ1) is 11.6. The number of hydrogen-bond donors (Lipinski definition) is 1. The SMILES string of the molecule is O=C(O)CC[C@H]1CCCCN1C(=O)c1ccc(-n2ccnc2)cc1. The van der Waals surface area contributed by atoms with Crippen molar-refractivity contribution in [3.8, 4) is 5.69 Å². The first-order valence-corrected chi connectivity index (χ1v) is 8.26. The van der Waals surface area contributed by atoms with Gasteiger partial charge in [-0.3, -0.25) is 9.59 Å². The number of carboxylic acids is 1. The Morgan fingerprint density at radius 3 is 2.67 bits per heavy atom. The average Bonchev–Trinajstić information content (AvgIpc) is 3.14. The van der Waals surface area contributed by atoms with E-state index in [2.05, 4.69) is 4.98 Å². The van der Waals surface area contributed by atoms with E-state index in [0.717, 1.165) is 24.9 Å². The molecule has 1 saturated heterocycles. The second-order valence-electron chi connectivity index (χ2n) is 6.10. The number of carboxylic acid groups (broad SMARTS) is 1. The van der Waals surface area contributed by atoms with E-state index in [0.29, 0.717) is 18.5 Å². The number of likely N-dealkylation sites (tertiary alicyclic amines) is 1. The van der Waals surface area contributed by atoms with Crippen LogP contribution in [-0.4, -0.2) is 44.0 Å². The van der Waals surface area contributed by atoms with Crippen LogP contribution in [0.1, 0.15) is 42.5 Å². The highest BCUT2D eigenvalue weighted by Gasteiger charge is 2.27. The summed E-state index contributed by atoms with van der Waals surface area (Å²) >= 11 is 0. The van der Waals surface area contributed by atoms with E-state index in [1.54, 1.807) is 12.5 Å². The topological polar surface area (TPSA) is 75.4 Å². The molecule has 0 bridgehead atoms. The molecular formula is C18H21N3O3. The Balaban J connectivity index is 1.72. The third kappa shape index (κ3) is 3.64. The lowest BCUT2D eigenvalue weighted by Crippen LogP contribution is -2.43. The molecule has 0 radical (unpaired) electrons. The van der Waals surface area contributed by atoms with Gasteiger partial charge in [0.15, 0.2) is 0 Å². The summed E-state index contributed by atoms with van der Waals surface area (Å²) in [5.74, 6) is -0.820. The van der Waals surface area contributed by atoms with E-state index in [1.807, 2.05) is 39.9 Å². The normalized spacial score (nSPS) is 17.7. The molecule has 1 N–H and O–H groups in total. The zero-order valence-corrected chi connectivity index (χ0v) is 13.5. The van der Waals surface area contributed by atoms with Crippen LogP contribution in [0.25, 0.3) is 5.69 Å². The maximum Gasteiger partial charge on any atom is 0.303 e. The summed E-state index contributed by atoms with van der Waals surface area (Å²) in [6, 6.07) is 7.45. The Kier molecular flexibility index (Phi) is 4.93. The van der Waals surface area contributed by atoms with E-state index >= 15 is 0 Å². The molecule has 1 aliphatic heterocycles. The van der Waals surface area contributed by atoms with Crippen molar-refractivity contribution in [2.24, 2.45) is 0 Å². The van der Waals surface area contributed by atoms with Gasteiger partial charge < -0.3 is 14.6 Å². The van der Waals surface area contributed by atoms with E-state index < -0.39 is 5.97 Å². The number of benzene rings is 1. The second-order valence-corrected chi connectivity index (χ2v) is 6.10. The first kappa shape index (κ1) is 16.2. The predicted molar refractivity (Wildman–Crippen MR) is 89.1 cm³/mol. The van der Waals surface area contributed by atoms with Gasteiger partial charge in [-0.2, -0.15) is 0 Å². The van der Waals surface area contributed by atoms with Crippen LogP contribution < -0.4 is 0 Å². The number of hydrogen-bond acceptors (Lipinski definition) is 3. The second kappa shape index (κ2) is 7.29. The number of imidazole rings is 1. The summed E-state index contributed by atoms with van der Waals surface area (Å²) in [5, 5.41) is 8.90. The van der Waals surface area contributed by atoms with Crippen molar-refractivity contribution in [1.82, 2.24) is 14.5 Å². The van der Waals surface area contributed by atoms with Crippen LogP contribution in [0.4, 0.5) is 0 Å². The van der Waals surface area contributed by atoms with Crippen LogP contribution >= 0.6 is 0 Å². The van der Waals surface area contributed by atoms with Crippen LogP contribution in [0.2, 0.25) is 0 Å². The highest BCUT2D eigenvalue weighted by atomic mass is 16.4. The number of carbonyl (C=O) groups excluding carboxylic acids is 1. The van der Waals surface area contributed by atoms with Gasteiger partial charge in [0.2, 0.25) is 0 Å². The number of rotatable bonds is 5. The van der Waals surface area contributed by atoms with Gasteiger partial charge >= 0.3 is 5.97 Å². The Labute approximate surface area is 140 Å². The molecule has 2 aromatic rings. The minimum atomic E-state index is -0.808. The fourth-order valence-electron chi connectivity index (χ4n) is 3.21. The maximum absolute atomic E-state index is 12.8. The summed E-state index contributed by atoms with van der Waals surface area (Å²) in [6.45, 7) is 0.701. The van der Waals surface area contributed by atoms with Gasteiger partial charge in [-0.1, -0.05) is 0 Å². The largest absolute Gasteiger partial charge is 0.481 e. The first-order valence-electron chi connectivity index (χ1n) is 8.26. The molecule has 1 aliphatic rings. The van der Waals surface area contributed by atoms with Crippen molar-refractivity contribution in [3.05, 3.63) is 48.5 Å². The summed E-state index contributed by atoms with van der Waals surface area (Å²) < 4.78 is 1.88. The van der Waals surface area contributed by atoms with Crippen molar-refractivity contribution >= 4 is 11.9 Å². The van der Waals surface area contributed by atoms with Gasteiger partial charge in [-0.05, 0) is 49.9 Å². The lowest BCUT2D eigenvalue weighted by molar-refractivity contribution is -0.137. The minimum absolute atomic E-state index is 0.0118. The van der Waals surface area contributed by atoms with Crippen molar-refractivity contribution in [1.29, 1.82) is 0 Å². The van der Waals surface area contributed by atoms with Crippen molar-refractivity contribution < 1.29 is 14.7 Å². The van der Waals surface area contributed by atoms with Gasteiger partial charge in [-0.25, -0.2) is 4.98 Å². The van der Waals surface area contributed by atoms with E-state index in [1.165, 1.54) is 0 Å². The summed E-state index contributed by atoms with van der Waals surface area (Å²) in [4.78, 5) is 29.5. The fourth-order valence-corrected chi connectivity index (χ4v) is 3.21. The molecule has 6 nitrogen and oxygen atoms in total. The van der Waals surface area contributed by atoms with Gasteiger partial charge in [0.05, 0.1) is 6.33 Å². The van der Waals surface area contributed by atoms with E-state index in [4.69, 9.17) is 5.11 Å². The molecule has 1 atom stereocenters. The molecule has 0 spiro atoms. The summed E-state index contributed by atoms with van der Waals surface area (Å²) in [5.41, 5.74) is 1.59. The Hall–Kier alpha value is -2.63. The number of aromatic nitrogens is 2. The monoisotopic (exact) mass is 327 g/mol. The van der Waals surface area contributed by atoms with E-state index in [9.17, 15) is 9.59 Å². The molecule has 6 heteroatoms. The zero-order valence-electron chi connectivity index (χ0n) is 13.5. The third-order valence-corrected chi connectivity index (χ3v) is 4.50. The fraction of sp³-hybridized carbons (Fsp3) is 0.389. The van der Waals surface area contributed by atoms with Gasteiger partial charge in [0.1, 0.15) is 0 Å². The number of carbonyl (C=O) groups is 2. The third-order valence-electron chi connectivity index (χ3n) is 4.50. The van der Waals surface area contributed by atoms with Gasteiger partial charge in [-0.15, -0.1) is 0 Å². The molecule has 24 heavy (non-hydrogen) atoms. The highest BCUT2D eigenvalue weighted by Crippen LogP contribution is 2.23. The minimum Gasteiger partial charge on any atom is -0.481 e. The molecule has 1 aromatic carbocycles. The molecule has 126 valence electrons. The Morgan fingerprint density at radius 2 is 2.00 bits per heavy atom. The number of nitrogens with zero attached hydrogens (tertiary/aromatic N) is 3. The number of piperidine rings is 1. The zero-order chi connectivity index (χ0) is 16.9. The predicted octanol–water partition coefficient (Wildman–Crippen LogP) is 2.73. The van der Waals surface area contributed by atoms with Crippen LogP contribution in [-0.2, 0) is 4.79 Å². The Morgan fingerprint density at radius 1 is 1.21 bits per heavy atom. The number of aliphatic carboxylic acids is 1. The molecule has 0 unspecified atom stereocenters. The van der Waals surface area contributed by atoms with Crippen molar-refractivity contribution in [3.63, 3.8) is 0 Å². The van der Waals surface area contributed by atoms with Gasteiger partial charge in [0, 0.05) is 42.7 Å². The molecule has 1 fully saturated rings. The quantitative estimate of drug-likeness (QED) is 0.916. The van der Waals surface area contributed by atoms with Gasteiger partial charge in [0.25, 0.3) is 5.91 Å². The smallest absolute Gasteiger partial charge is 0.303 e. The molecule has 3 rings (SSSR count). The summed E-state index contributed by atoms with van der Waals surface area (Å²) in [7, 11) is 0. The number of amides is 1. The standard InChI is InChI=1S/C18H21N3O3/c22-17(23)9-8-16-3-1-2-11-21(16)18(24)14-4-6-15(7-5-14)20-12-10-19-13-20/h4-7,10,12-13,16H,1-3,8-9,11H2,(H,22,23)/t16-/m1/s1. The molecule has 0 aliphatic carbocycles. The lowest BCUT2D eigenvalue weighted by Gasteiger charge is -2.35. The van der Waals surface area contributed by atoms with E-state index in [-0.39, 0.29) is 18.4 Å². The lowest BCUT2D eigenvalue weighted by atomic mass is 9.97. The molecular weight excluding hydrogens is 306 g/mol. The average molecular weight is 327 g/mol. The highest BCUT2D eigenvalue weighted by molar-refractivity contribution is 5.94. The Bertz CT molecular complexity index is 695. The molecule has 1 aromatic heterocycles. The van der Waals surface area contributed by atoms with Crippen molar-refractivity contribution in [2.75, 3.05) is 6.54 Å². The van der Waals surface area contributed by atoms with Crippen LogP contribution in [0.3, 0.4) is 0 Å². The van der Waals surface area contributed by atoms with Crippen LogP contribution in [0, 0.1) is 0 Å². The van der Waals surface area contributed by atoms with Crippen molar-refractivity contribution in [2.45, 2.75) is 38.1 Å². The molecule has 1 amide bonds. The van der Waals surface area contributed by atoms with Crippen LogP contribution in [0.15, 0.2) is 43.0 Å². The molecule has 0 saturated carbocycles. The maximum atomic E-state index is 12.8. The van der Waals surface area contributed by atoms with Crippen LogP contribution in [0.5, 0.6) is 0 Å². The summed E-state index contributed by atoms with van der Waals surface area (Å²) in [6.07, 6.45) is 8.80. The molecule has 2 heterocycles.